The van der Waals surface area contributed by atoms with Crippen molar-refractivity contribution in [1.29, 1.82) is 0 Å². The highest BCUT2D eigenvalue weighted by Crippen LogP contribution is 2.40. The predicted molar refractivity (Wildman–Crippen MR) is 130 cm³/mol. The van der Waals surface area contributed by atoms with E-state index in [0.29, 0.717) is 24.3 Å². The third-order valence-corrected chi connectivity index (χ3v) is 6.58. The second-order valence-corrected chi connectivity index (χ2v) is 8.92. The molecule has 3 atom stereocenters. The molecule has 3 N–H and O–H groups in total. The average molecular weight is 475 g/mol. The van der Waals surface area contributed by atoms with Gasteiger partial charge < -0.3 is 19.3 Å². The summed E-state index contributed by atoms with van der Waals surface area (Å²) in [6.45, 7) is 3.79. The molecule has 3 heterocycles. The number of anilines is 2. The maximum atomic E-state index is 13.2. The van der Waals surface area contributed by atoms with Crippen LogP contribution in [-0.2, 0) is 9.59 Å². The lowest BCUT2D eigenvalue weighted by atomic mass is 9.97. The minimum absolute atomic E-state index is 0.0849. The van der Waals surface area contributed by atoms with Gasteiger partial charge in [0.05, 0.1) is 23.7 Å². The summed E-state index contributed by atoms with van der Waals surface area (Å²) >= 11 is 0. The maximum Gasteiger partial charge on any atom is 0.322 e. The van der Waals surface area contributed by atoms with Crippen molar-refractivity contribution >= 4 is 29.2 Å². The number of carbonyl (C=O) groups is 3. The SMILES string of the molecule is CC(=O)N1c2ccc(-c3ccc(C4CC(C(=O)O)NN4)cc3)cc2N(C(=O)c2ccco2)C[C@@H]1C. The summed E-state index contributed by atoms with van der Waals surface area (Å²) in [7, 11) is 0. The second kappa shape index (κ2) is 9.01. The van der Waals surface area contributed by atoms with E-state index in [9.17, 15) is 19.5 Å². The Kier molecular flexibility index (Phi) is 5.88. The Morgan fingerprint density at radius 3 is 2.37 bits per heavy atom. The van der Waals surface area contributed by atoms with Crippen molar-refractivity contribution in [2.45, 2.75) is 38.4 Å². The molecule has 2 aromatic carbocycles. The number of nitrogens with one attached hydrogen (secondary N) is 2. The number of hydrogen-bond acceptors (Lipinski definition) is 6. The molecule has 0 bridgehead atoms. The number of carbonyl (C=O) groups excluding carboxylic acids is 2. The molecule has 1 saturated heterocycles. The van der Waals surface area contributed by atoms with Gasteiger partial charge in [0.25, 0.3) is 5.91 Å². The molecule has 1 aromatic heterocycles. The molecule has 0 radical (unpaired) electrons. The van der Waals surface area contributed by atoms with Gasteiger partial charge >= 0.3 is 5.97 Å². The van der Waals surface area contributed by atoms with Gasteiger partial charge in [-0.2, -0.15) is 0 Å². The van der Waals surface area contributed by atoms with Gasteiger partial charge in [0.15, 0.2) is 5.76 Å². The fraction of sp³-hybridized carbons (Fsp3) is 0.269. The quantitative estimate of drug-likeness (QED) is 0.531. The number of hydrogen-bond donors (Lipinski definition) is 3. The predicted octanol–water partition coefficient (Wildman–Crippen LogP) is 3.34. The van der Waals surface area contributed by atoms with Gasteiger partial charge in [0.1, 0.15) is 6.04 Å². The number of aliphatic carboxylic acids is 1. The molecule has 1 fully saturated rings. The van der Waals surface area contributed by atoms with Gasteiger partial charge in [-0.25, -0.2) is 10.9 Å². The van der Waals surface area contributed by atoms with Crippen LogP contribution in [0.2, 0.25) is 0 Å². The van der Waals surface area contributed by atoms with Crippen LogP contribution in [0.5, 0.6) is 0 Å². The van der Waals surface area contributed by atoms with Gasteiger partial charge in [-0.05, 0) is 54.3 Å². The van der Waals surface area contributed by atoms with Crippen molar-refractivity contribution in [1.82, 2.24) is 10.9 Å². The van der Waals surface area contributed by atoms with E-state index in [1.54, 1.807) is 21.9 Å². The summed E-state index contributed by atoms with van der Waals surface area (Å²) < 4.78 is 5.35. The van der Waals surface area contributed by atoms with Crippen LogP contribution in [-0.4, -0.2) is 41.5 Å². The van der Waals surface area contributed by atoms with E-state index in [0.717, 1.165) is 16.7 Å². The number of rotatable bonds is 4. The topological polar surface area (TPSA) is 115 Å². The first-order valence-corrected chi connectivity index (χ1v) is 11.5. The summed E-state index contributed by atoms with van der Waals surface area (Å²) in [6.07, 6.45) is 1.92. The molecular weight excluding hydrogens is 448 g/mol. The fourth-order valence-corrected chi connectivity index (χ4v) is 4.85. The normalized spacial score (nSPS) is 21.6. The maximum absolute atomic E-state index is 13.2. The summed E-state index contributed by atoms with van der Waals surface area (Å²) in [5.41, 5.74) is 9.98. The Labute approximate surface area is 202 Å². The molecule has 2 unspecified atom stereocenters. The molecule has 0 saturated carbocycles. The standard InChI is InChI=1S/C26H26N4O5/c1-15-14-29(25(32)24-4-3-11-35-24)23-12-19(9-10-22(23)30(15)16(2)31)17-5-7-18(8-6-17)20-13-21(26(33)34)28-27-20/h3-12,15,20-21,27-28H,13-14H2,1-2H3,(H,33,34)/t15-,20?,21?/m0/s1. The molecule has 9 heteroatoms. The van der Waals surface area contributed by atoms with E-state index in [1.807, 2.05) is 49.4 Å². The van der Waals surface area contributed by atoms with Crippen LogP contribution in [0.25, 0.3) is 11.1 Å². The molecule has 5 rings (SSSR count). The minimum Gasteiger partial charge on any atom is -0.480 e. The highest BCUT2D eigenvalue weighted by molar-refractivity contribution is 6.10. The zero-order valence-corrected chi connectivity index (χ0v) is 19.4. The van der Waals surface area contributed by atoms with E-state index < -0.39 is 12.0 Å². The molecule has 180 valence electrons. The molecule has 3 aromatic rings. The van der Waals surface area contributed by atoms with E-state index in [-0.39, 0.29) is 29.7 Å². The molecule has 0 spiro atoms. The zero-order chi connectivity index (χ0) is 24.7. The first kappa shape index (κ1) is 22.8. The van der Waals surface area contributed by atoms with Crippen LogP contribution in [0.4, 0.5) is 11.4 Å². The lowest BCUT2D eigenvalue weighted by molar-refractivity contribution is -0.139. The van der Waals surface area contributed by atoms with Crippen molar-refractivity contribution in [3.8, 4) is 11.1 Å². The Bertz CT molecular complexity index is 1270. The van der Waals surface area contributed by atoms with E-state index in [1.165, 1.54) is 13.2 Å². The Balaban J connectivity index is 1.48. The summed E-state index contributed by atoms with van der Waals surface area (Å²) in [5, 5.41) is 9.20. The lowest BCUT2D eigenvalue weighted by Crippen LogP contribution is -2.51. The van der Waals surface area contributed by atoms with Crippen LogP contribution in [0.3, 0.4) is 0 Å². The smallest absolute Gasteiger partial charge is 0.322 e. The highest BCUT2D eigenvalue weighted by atomic mass is 16.4. The Morgan fingerprint density at radius 1 is 1.00 bits per heavy atom. The van der Waals surface area contributed by atoms with Gasteiger partial charge in [0, 0.05) is 19.5 Å². The van der Waals surface area contributed by atoms with Crippen molar-refractivity contribution in [2.24, 2.45) is 0 Å². The molecule has 2 aliphatic rings. The second-order valence-electron chi connectivity index (χ2n) is 8.92. The number of carboxylic acids is 1. The van der Waals surface area contributed by atoms with Crippen LogP contribution in [0, 0.1) is 0 Å². The van der Waals surface area contributed by atoms with Gasteiger partial charge in [0.2, 0.25) is 5.91 Å². The number of amides is 2. The minimum atomic E-state index is -0.881. The molecule has 9 nitrogen and oxygen atoms in total. The van der Waals surface area contributed by atoms with Crippen LogP contribution < -0.4 is 20.7 Å². The fourth-order valence-electron chi connectivity index (χ4n) is 4.85. The van der Waals surface area contributed by atoms with E-state index in [2.05, 4.69) is 10.9 Å². The number of carboxylic acid groups (broad SMARTS) is 1. The third kappa shape index (κ3) is 4.20. The van der Waals surface area contributed by atoms with Crippen molar-refractivity contribution < 1.29 is 23.9 Å². The number of furan rings is 1. The zero-order valence-electron chi connectivity index (χ0n) is 19.4. The first-order chi connectivity index (χ1) is 16.8. The molecular formula is C26H26N4O5. The van der Waals surface area contributed by atoms with Gasteiger partial charge in [-0.1, -0.05) is 30.3 Å². The highest BCUT2D eigenvalue weighted by Gasteiger charge is 2.35. The number of hydrazine groups is 1. The van der Waals surface area contributed by atoms with Gasteiger partial charge in [-0.15, -0.1) is 0 Å². The van der Waals surface area contributed by atoms with Crippen molar-refractivity contribution in [3.63, 3.8) is 0 Å². The molecule has 2 aliphatic heterocycles. The van der Waals surface area contributed by atoms with Crippen LogP contribution in [0.15, 0.2) is 65.3 Å². The van der Waals surface area contributed by atoms with Gasteiger partial charge in [-0.3, -0.25) is 14.4 Å². The number of nitrogens with zero attached hydrogens (tertiary/aromatic N) is 2. The monoisotopic (exact) mass is 474 g/mol. The molecule has 0 aliphatic carbocycles. The Hall–Kier alpha value is -3.95. The first-order valence-electron chi connectivity index (χ1n) is 11.5. The molecule has 35 heavy (non-hydrogen) atoms. The van der Waals surface area contributed by atoms with Crippen molar-refractivity contribution in [3.05, 3.63) is 72.2 Å². The Morgan fingerprint density at radius 2 is 1.74 bits per heavy atom. The average Bonchev–Trinajstić information content (AvgIpc) is 3.55. The summed E-state index contributed by atoms with van der Waals surface area (Å²) in [5.74, 6) is -0.982. The largest absolute Gasteiger partial charge is 0.480 e. The third-order valence-electron chi connectivity index (χ3n) is 6.58. The molecule has 2 amide bonds. The van der Waals surface area contributed by atoms with Crippen molar-refractivity contribution in [2.75, 3.05) is 16.3 Å². The van der Waals surface area contributed by atoms with Crippen LogP contribution >= 0.6 is 0 Å². The van der Waals surface area contributed by atoms with Crippen LogP contribution in [0.1, 0.15) is 42.4 Å². The summed E-state index contributed by atoms with van der Waals surface area (Å²) in [4.78, 5) is 40.2. The van der Waals surface area contributed by atoms with E-state index in [4.69, 9.17) is 4.42 Å². The summed E-state index contributed by atoms with van der Waals surface area (Å²) in [6, 6.07) is 16.0. The number of fused-ring (bicyclic) bond motifs is 1. The number of benzene rings is 2. The lowest BCUT2D eigenvalue weighted by Gasteiger charge is -2.40. The van der Waals surface area contributed by atoms with E-state index >= 15 is 0 Å².